The van der Waals surface area contributed by atoms with Gasteiger partial charge in [0.1, 0.15) is 5.75 Å². The van der Waals surface area contributed by atoms with Gasteiger partial charge in [-0.3, -0.25) is 4.55 Å². The van der Waals surface area contributed by atoms with Gasteiger partial charge in [0, 0.05) is 4.90 Å². The second-order valence-corrected chi connectivity index (χ2v) is 4.23. The Balaban J connectivity index is 0.000000252. The normalized spacial score (nSPS) is 10.1. The summed E-state index contributed by atoms with van der Waals surface area (Å²) >= 11 is 4.02. The maximum atomic E-state index is 9.19. The molecular formula is C7H10O4S2. The summed E-state index contributed by atoms with van der Waals surface area (Å²) in [6.07, 6.45) is 0.715. The van der Waals surface area contributed by atoms with Crippen molar-refractivity contribution in [2.75, 3.05) is 6.26 Å². The van der Waals surface area contributed by atoms with E-state index in [1.165, 1.54) is 0 Å². The summed E-state index contributed by atoms with van der Waals surface area (Å²) in [6.45, 7) is 0. The van der Waals surface area contributed by atoms with E-state index < -0.39 is 10.1 Å². The predicted octanol–water partition coefficient (Wildman–Crippen LogP) is 1.18. The monoisotopic (exact) mass is 222 g/mol. The van der Waals surface area contributed by atoms with Crippen molar-refractivity contribution in [2.45, 2.75) is 4.90 Å². The lowest BCUT2D eigenvalue weighted by Crippen LogP contribution is -1.88. The number of aromatic hydroxyl groups is 1. The van der Waals surface area contributed by atoms with Crippen LogP contribution in [0.5, 0.6) is 5.75 Å². The van der Waals surface area contributed by atoms with E-state index in [0.29, 0.717) is 6.26 Å². The summed E-state index contributed by atoms with van der Waals surface area (Å²) in [6, 6.07) is 6.67. The number of thiol groups is 1. The van der Waals surface area contributed by atoms with E-state index in [4.69, 9.17) is 9.66 Å². The molecule has 13 heavy (non-hydrogen) atoms. The zero-order valence-corrected chi connectivity index (χ0v) is 8.59. The molecule has 6 heteroatoms. The fraction of sp³-hybridized carbons (Fsp3) is 0.143. The highest BCUT2D eigenvalue weighted by Crippen LogP contribution is 2.11. The Bertz CT molecular complexity index is 312. The summed E-state index contributed by atoms with van der Waals surface area (Å²) in [4.78, 5) is 0.864. The minimum Gasteiger partial charge on any atom is -0.508 e. The molecule has 0 unspecified atom stereocenters. The average Bonchev–Trinajstić information content (AvgIpc) is 1.92. The van der Waals surface area contributed by atoms with Crippen LogP contribution in [0.1, 0.15) is 0 Å². The Hall–Kier alpha value is -0.720. The second kappa shape index (κ2) is 5.11. The minimum absolute atomic E-state index is 0.280. The quantitative estimate of drug-likeness (QED) is 0.455. The van der Waals surface area contributed by atoms with Gasteiger partial charge in [0.2, 0.25) is 0 Å². The minimum atomic E-state index is -3.67. The standard InChI is InChI=1S/C6H6OS.CH4O3S/c7-5-1-3-6(8)4-2-5;1-5(2,3)4/h1-4,7-8H;1H3,(H,2,3,4). The van der Waals surface area contributed by atoms with E-state index in [2.05, 4.69) is 12.6 Å². The molecule has 0 saturated carbocycles. The maximum Gasteiger partial charge on any atom is 0.261 e. The fourth-order valence-electron chi connectivity index (χ4n) is 0.453. The topological polar surface area (TPSA) is 74.6 Å². The molecule has 0 aliphatic heterocycles. The molecule has 0 radical (unpaired) electrons. The molecular weight excluding hydrogens is 212 g/mol. The predicted molar refractivity (Wildman–Crippen MR) is 52.8 cm³/mol. The van der Waals surface area contributed by atoms with Gasteiger partial charge in [0.15, 0.2) is 0 Å². The summed E-state index contributed by atoms with van der Waals surface area (Å²) in [5.74, 6) is 0.280. The van der Waals surface area contributed by atoms with Crippen molar-refractivity contribution in [3.8, 4) is 5.75 Å². The number of phenolic OH excluding ortho intramolecular Hbond substituents is 1. The van der Waals surface area contributed by atoms with E-state index in [1.807, 2.05) is 0 Å². The van der Waals surface area contributed by atoms with Gasteiger partial charge in [0.05, 0.1) is 6.26 Å². The Morgan fingerprint density at radius 2 is 1.54 bits per heavy atom. The first-order valence-electron chi connectivity index (χ1n) is 3.19. The van der Waals surface area contributed by atoms with Crippen LogP contribution < -0.4 is 0 Å². The van der Waals surface area contributed by atoms with Crippen molar-refractivity contribution in [3.05, 3.63) is 24.3 Å². The van der Waals surface area contributed by atoms with Gasteiger partial charge in [0.25, 0.3) is 10.1 Å². The van der Waals surface area contributed by atoms with Crippen LogP contribution in [0.25, 0.3) is 0 Å². The third kappa shape index (κ3) is 11.3. The number of phenols is 1. The molecule has 1 aromatic rings. The highest BCUT2D eigenvalue weighted by Gasteiger charge is 1.83. The van der Waals surface area contributed by atoms with Gasteiger partial charge in [-0.15, -0.1) is 12.6 Å². The van der Waals surface area contributed by atoms with E-state index in [1.54, 1.807) is 24.3 Å². The van der Waals surface area contributed by atoms with E-state index in [0.717, 1.165) is 4.90 Å². The van der Waals surface area contributed by atoms with Gasteiger partial charge < -0.3 is 5.11 Å². The van der Waals surface area contributed by atoms with Crippen molar-refractivity contribution in [1.29, 1.82) is 0 Å². The first kappa shape index (κ1) is 12.3. The fourth-order valence-corrected chi connectivity index (χ4v) is 0.602. The molecule has 0 spiro atoms. The summed E-state index contributed by atoms with van der Waals surface area (Å²) in [5, 5.41) is 8.72. The Morgan fingerprint density at radius 3 is 1.77 bits per heavy atom. The molecule has 0 atom stereocenters. The van der Waals surface area contributed by atoms with Crippen LogP contribution in [0.15, 0.2) is 29.2 Å². The molecule has 2 N–H and O–H groups in total. The van der Waals surface area contributed by atoms with E-state index >= 15 is 0 Å². The molecule has 1 rings (SSSR count). The SMILES string of the molecule is CS(=O)(=O)O.Oc1ccc(S)cc1. The molecule has 0 saturated heterocycles. The lowest BCUT2D eigenvalue weighted by atomic mass is 10.3. The largest absolute Gasteiger partial charge is 0.508 e. The zero-order valence-electron chi connectivity index (χ0n) is 6.88. The van der Waals surface area contributed by atoms with Gasteiger partial charge in [-0.05, 0) is 24.3 Å². The van der Waals surface area contributed by atoms with Crippen molar-refractivity contribution in [2.24, 2.45) is 0 Å². The summed E-state index contributed by atoms with van der Waals surface area (Å²) < 4.78 is 25.9. The third-order valence-electron chi connectivity index (χ3n) is 0.850. The molecule has 4 nitrogen and oxygen atoms in total. The summed E-state index contributed by atoms with van der Waals surface area (Å²) in [7, 11) is -3.67. The molecule has 0 heterocycles. The third-order valence-corrected chi connectivity index (χ3v) is 1.15. The molecule has 1 aromatic carbocycles. The van der Waals surface area contributed by atoms with E-state index in [-0.39, 0.29) is 5.75 Å². The van der Waals surface area contributed by atoms with Crippen molar-refractivity contribution < 1.29 is 18.1 Å². The second-order valence-electron chi connectivity index (χ2n) is 2.25. The number of hydrogen-bond acceptors (Lipinski definition) is 4. The number of hydrogen-bond donors (Lipinski definition) is 3. The molecule has 0 bridgehead atoms. The van der Waals surface area contributed by atoms with Gasteiger partial charge in [-0.2, -0.15) is 8.42 Å². The first-order chi connectivity index (χ1) is 5.79. The number of rotatable bonds is 0. The number of benzene rings is 1. The smallest absolute Gasteiger partial charge is 0.261 e. The van der Waals surface area contributed by atoms with Crippen LogP contribution >= 0.6 is 12.6 Å². The Morgan fingerprint density at radius 1 is 1.23 bits per heavy atom. The maximum absolute atomic E-state index is 9.19. The van der Waals surface area contributed by atoms with Gasteiger partial charge in [-0.1, -0.05) is 0 Å². The van der Waals surface area contributed by atoms with Crippen LogP contribution in [0, 0.1) is 0 Å². The lowest BCUT2D eigenvalue weighted by Gasteiger charge is -1.88. The Labute approximate surface area is 82.4 Å². The Kier molecular flexibility index (Phi) is 4.82. The van der Waals surface area contributed by atoms with Gasteiger partial charge in [-0.25, -0.2) is 0 Å². The molecule has 0 aliphatic carbocycles. The van der Waals surface area contributed by atoms with Crippen LogP contribution in [0.4, 0.5) is 0 Å². The van der Waals surface area contributed by atoms with Gasteiger partial charge >= 0.3 is 0 Å². The highest BCUT2D eigenvalue weighted by atomic mass is 32.2. The molecule has 0 amide bonds. The zero-order chi connectivity index (χ0) is 10.5. The van der Waals surface area contributed by atoms with Crippen LogP contribution in [-0.4, -0.2) is 24.3 Å². The summed E-state index contributed by atoms with van der Waals surface area (Å²) in [5.41, 5.74) is 0. The first-order valence-corrected chi connectivity index (χ1v) is 5.49. The van der Waals surface area contributed by atoms with Crippen molar-refractivity contribution in [3.63, 3.8) is 0 Å². The lowest BCUT2D eigenvalue weighted by molar-refractivity contribution is 0.475. The van der Waals surface area contributed by atoms with Crippen LogP contribution in [-0.2, 0) is 10.1 Å². The molecule has 0 aliphatic rings. The molecule has 0 aromatic heterocycles. The van der Waals surface area contributed by atoms with Crippen LogP contribution in [0.3, 0.4) is 0 Å². The average molecular weight is 222 g/mol. The molecule has 74 valence electrons. The van der Waals surface area contributed by atoms with E-state index in [9.17, 15) is 8.42 Å². The van der Waals surface area contributed by atoms with Crippen LogP contribution in [0.2, 0.25) is 0 Å². The van der Waals surface area contributed by atoms with Crippen molar-refractivity contribution >= 4 is 22.7 Å². The molecule has 0 fully saturated rings. The highest BCUT2D eigenvalue weighted by molar-refractivity contribution is 7.85. The van der Waals surface area contributed by atoms with Crippen molar-refractivity contribution in [1.82, 2.24) is 0 Å².